The van der Waals surface area contributed by atoms with Gasteiger partial charge in [0.15, 0.2) is 0 Å². The Balaban J connectivity index is 1.24. The first-order chi connectivity index (χ1) is 15.3. The minimum absolute atomic E-state index is 0.0243. The van der Waals surface area contributed by atoms with Gasteiger partial charge < -0.3 is 21.3 Å². The number of amides is 3. The minimum Gasteiger partial charge on any atom is -0.366 e. The Bertz CT molecular complexity index is 1020. The van der Waals surface area contributed by atoms with Gasteiger partial charge in [-0.15, -0.1) is 0 Å². The van der Waals surface area contributed by atoms with Crippen LogP contribution < -0.4 is 11.5 Å². The monoisotopic (exact) mass is 436 g/mol. The average molecular weight is 437 g/mol. The van der Waals surface area contributed by atoms with Crippen molar-refractivity contribution in [3.63, 3.8) is 0 Å². The van der Waals surface area contributed by atoms with E-state index in [9.17, 15) is 19.6 Å². The summed E-state index contributed by atoms with van der Waals surface area (Å²) in [4.78, 5) is 43.3. The van der Waals surface area contributed by atoms with E-state index in [2.05, 4.69) is 6.07 Å². The van der Waals surface area contributed by atoms with E-state index >= 15 is 0 Å². The third-order valence-electron chi connectivity index (χ3n) is 7.64. The number of primary amides is 1. The van der Waals surface area contributed by atoms with Crippen molar-refractivity contribution in [3.8, 4) is 6.07 Å². The van der Waals surface area contributed by atoms with E-state index in [0.29, 0.717) is 31.0 Å². The second-order valence-electron chi connectivity index (χ2n) is 9.57. The lowest BCUT2D eigenvalue weighted by atomic mass is 10.0. The van der Waals surface area contributed by atoms with E-state index < -0.39 is 11.9 Å². The van der Waals surface area contributed by atoms with E-state index in [1.165, 1.54) is 0 Å². The number of hydrogen-bond acceptors (Lipinski definition) is 6. The molecule has 1 aromatic carbocycles. The zero-order chi connectivity index (χ0) is 22.7. The number of piperazine rings is 1. The maximum absolute atomic E-state index is 13.2. The molecule has 1 aliphatic carbocycles. The van der Waals surface area contributed by atoms with Crippen LogP contribution in [-0.2, 0) is 9.59 Å². The van der Waals surface area contributed by atoms with Crippen LogP contribution >= 0.6 is 0 Å². The second-order valence-corrected chi connectivity index (χ2v) is 9.57. The molecule has 32 heavy (non-hydrogen) atoms. The standard InChI is InChI=1S/C23H28N6O3/c1-12(13-3-2-4-14(5-13)21(26)30)28-17-8-20(23(28)32)27(10-17)11-18(25)22(31)29-16(9-24)6-15-7-19(15)29/h2-5,12,15-20H,6-8,10-11,25H2,1H3,(H2,26,30)/t12-,15+,16-,17?,18-,19-,20-/m0/s1. The number of piperidine rings is 1. The molecule has 2 bridgehead atoms. The fourth-order valence-corrected chi connectivity index (χ4v) is 5.92. The number of benzene rings is 1. The molecular formula is C23H28N6O3. The van der Waals surface area contributed by atoms with Crippen LogP contribution in [-0.4, -0.2) is 75.7 Å². The third-order valence-corrected chi connectivity index (χ3v) is 7.64. The van der Waals surface area contributed by atoms with Crippen LogP contribution in [0.3, 0.4) is 0 Å². The summed E-state index contributed by atoms with van der Waals surface area (Å²) in [5.74, 6) is -0.197. The van der Waals surface area contributed by atoms with Gasteiger partial charge in [-0.3, -0.25) is 19.3 Å². The first-order valence-corrected chi connectivity index (χ1v) is 11.2. The summed E-state index contributed by atoms with van der Waals surface area (Å²) >= 11 is 0. The SMILES string of the molecule is C[C@@H](c1cccc(C(N)=O)c1)N1C(=O)[C@@H]2CC1CN2C[C@H](N)C(=O)N1[C@H](C#N)C[C@@H]2C[C@@H]21. The molecular weight excluding hydrogens is 408 g/mol. The van der Waals surface area contributed by atoms with Gasteiger partial charge in [-0.25, -0.2) is 0 Å². The van der Waals surface area contributed by atoms with Crippen LogP contribution in [0.1, 0.15) is 48.1 Å². The lowest BCUT2D eigenvalue weighted by molar-refractivity contribution is -0.141. The second kappa shape index (κ2) is 7.57. The number of carbonyl (C=O) groups excluding carboxylic acids is 3. The van der Waals surface area contributed by atoms with Crippen molar-refractivity contribution in [1.82, 2.24) is 14.7 Å². The van der Waals surface area contributed by atoms with Gasteiger partial charge >= 0.3 is 0 Å². The minimum atomic E-state index is -0.740. The zero-order valence-electron chi connectivity index (χ0n) is 18.1. The van der Waals surface area contributed by atoms with Gasteiger partial charge in [0.1, 0.15) is 6.04 Å². The van der Waals surface area contributed by atoms with Crippen molar-refractivity contribution in [2.75, 3.05) is 13.1 Å². The fourth-order valence-electron chi connectivity index (χ4n) is 5.92. The van der Waals surface area contributed by atoms with E-state index in [0.717, 1.165) is 18.4 Å². The summed E-state index contributed by atoms with van der Waals surface area (Å²) in [6.07, 6.45) is 2.42. The number of hydrogen-bond donors (Lipinski definition) is 2. The maximum atomic E-state index is 13.2. The molecule has 9 nitrogen and oxygen atoms in total. The molecule has 0 spiro atoms. The third kappa shape index (κ3) is 3.26. The number of nitriles is 1. The Labute approximate surface area is 186 Å². The van der Waals surface area contributed by atoms with E-state index in [-0.39, 0.29) is 42.0 Å². The van der Waals surface area contributed by atoms with Gasteiger partial charge in [0.25, 0.3) is 0 Å². The Hall–Kier alpha value is -2.96. The van der Waals surface area contributed by atoms with Gasteiger partial charge in [-0.2, -0.15) is 5.26 Å². The van der Waals surface area contributed by atoms with Gasteiger partial charge in [0.2, 0.25) is 17.7 Å². The van der Waals surface area contributed by atoms with Gasteiger partial charge in [0, 0.05) is 30.7 Å². The van der Waals surface area contributed by atoms with Crippen molar-refractivity contribution in [1.29, 1.82) is 5.26 Å². The topological polar surface area (TPSA) is 137 Å². The van der Waals surface area contributed by atoms with E-state index in [4.69, 9.17) is 11.5 Å². The number of nitrogens with zero attached hydrogens (tertiary/aromatic N) is 4. The molecule has 3 amide bonds. The summed E-state index contributed by atoms with van der Waals surface area (Å²) in [7, 11) is 0. The number of nitrogens with two attached hydrogens (primary N) is 2. The zero-order valence-corrected chi connectivity index (χ0v) is 18.1. The predicted octanol–water partition coefficient (Wildman–Crippen LogP) is -0.0281. The number of fused-ring (bicyclic) bond motifs is 3. The molecule has 4 N–H and O–H groups in total. The van der Waals surface area contributed by atoms with E-state index in [1.807, 2.05) is 22.8 Å². The number of rotatable bonds is 6. The molecule has 4 fully saturated rings. The van der Waals surface area contributed by atoms with Crippen molar-refractivity contribution in [2.45, 2.75) is 62.4 Å². The summed E-state index contributed by atoms with van der Waals surface area (Å²) in [6, 6.07) is 7.93. The molecule has 1 aromatic rings. The highest BCUT2D eigenvalue weighted by atomic mass is 16.2. The van der Waals surface area contributed by atoms with Crippen molar-refractivity contribution in [2.24, 2.45) is 17.4 Å². The Morgan fingerprint density at radius 3 is 2.75 bits per heavy atom. The predicted molar refractivity (Wildman–Crippen MR) is 115 cm³/mol. The van der Waals surface area contributed by atoms with Gasteiger partial charge in [0.05, 0.1) is 24.2 Å². The molecule has 9 heteroatoms. The van der Waals surface area contributed by atoms with Gasteiger partial charge in [-0.1, -0.05) is 12.1 Å². The largest absolute Gasteiger partial charge is 0.366 e. The molecule has 3 aliphatic heterocycles. The number of likely N-dealkylation sites (tertiary alicyclic amines) is 3. The summed E-state index contributed by atoms with van der Waals surface area (Å²) in [6.45, 7) is 2.93. The van der Waals surface area contributed by atoms with Crippen molar-refractivity contribution in [3.05, 3.63) is 35.4 Å². The smallest absolute Gasteiger partial charge is 0.248 e. The molecule has 0 aromatic heterocycles. The Morgan fingerprint density at radius 2 is 2.06 bits per heavy atom. The lowest BCUT2D eigenvalue weighted by Crippen LogP contribution is -2.57. The molecule has 1 saturated carbocycles. The molecule has 1 unspecified atom stereocenters. The quantitative estimate of drug-likeness (QED) is 0.643. The molecule has 3 heterocycles. The molecule has 5 rings (SSSR count). The Kier molecular flexibility index (Phi) is 4.95. The lowest BCUT2D eigenvalue weighted by Gasteiger charge is -2.38. The van der Waals surface area contributed by atoms with Crippen LogP contribution in [0, 0.1) is 17.2 Å². The molecule has 4 aliphatic rings. The highest BCUT2D eigenvalue weighted by Gasteiger charge is 2.56. The first-order valence-electron chi connectivity index (χ1n) is 11.2. The Morgan fingerprint density at radius 1 is 1.28 bits per heavy atom. The summed E-state index contributed by atoms with van der Waals surface area (Å²) in [5, 5.41) is 9.36. The summed E-state index contributed by atoms with van der Waals surface area (Å²) in [5.41, 5.74) is 13.0. The fraction of sp³-hybridized carbons (Fsp3) is 0.565. The molecule has 7 atom stereocenters. The molecule has 0 radical (unpaired) electrons. The molecule has 168 valence electrons. The maximum Gasteiger partial charge on any atom is 0.248 e. The van der Waals surface area contributed by atoms with Crippen LogP contribution in [0.15, 0.2) is 24.3 Å². The van der Waals surface area contributed by atoms with Crippen LogP contribution in [0.2, 0.25) is 0 Å². The van der Waals surface area contributed by atoms with Crippen molar-refractivity contribution < 1.29 is 14.4 Å². The van der Waals surface area contributed by atoms with Crippen LogP contribution in [0.5, 0.6) is 0 Å². The highest BCUT2D eigenvalue weighted by Crippen LogP contribution is 2.48. The van der Waals surface area contributed by atoms with Crippen LogP contribution in [0.25, 0.3) is 0 Å². The van der Waals surface area contributed by atoms with Crippen molar-refractivity contribution >= 4 is 17.7 Å². The normalized spacial score (nSPS) is 32.5. The van der Waals surface area contributed by atoms with Gasteiger partial charge in [-0.05, 0) is 49.8 Å². The summed E-state index contributed by atoms with van der Waals surface area (Å²) < 4.78 is 0. The first kappa shape index (κ1) is 20.9. The highest BCUT2D eigenvalue weighted by molar-refractivity contribution is 5.93. The number of carbonyl (C=O) groups is 3. The van der Waals surface area contributed by atoms with Crippen LogP contribution in [0.4, 0.5) is 0 Å². The molecule has 3 saturated heterocycles. The van der Waals surface area contributed by atoms with E-state index in [1.54, 1.807) is 23.1 Å². The average Bonchev–Trinajstić information content (AvgIpc) is 3.11.